The molecule has 1 fully saturated rings. The Kier molecular flexibility index (Phi) is 5.35. The van der Waals surface area contributed by atoms with E-state index in [2.05, 4.69) is 5.10 Å². The van der Waals surface area contributed by atoms with E-state index in [1.807, 2.05) is 6.07 Å². The van der Waals surface area contributed by atoms with Gasteiger partial charge < -0.3 is 4.90 Å². The van der Waals surface area contributed by atoms with Crippen molar-refractivity contribution in [2.45, 2.75) is 17.9 Å². The van der Waals surface area contributed by atoms with Gasteiger partial charge in [0, 0.05) is 51.5 Å². The second kappa shape index (κ2) is 7.68. The van der Waals surface area contributed by atoms with Crippen LogP contribution in [-0.4, -0.2) is 59.5 Å². The number of nitriles is 1. The number of hydrogen-bond donors (Lipinski definition) is 0. The summed E-state index contributed by atoms with van der Waals surface area (Å²) in [7, 11) is -3.74. The predicted molar refractivity (Wildman–Crippen MR) is 93.3 cm³/mol. The second-order valence-corrected chi connectivity index (χ2v) is 7.82. The monoisotopic (exact) mass is 373 g/mol. The summed E-state index contributed by atoms with van der Waals surface area (Å²) in [4.78, 5) is 14.0. The van der Waals surface area contributed by atoms with Crippen molar-refractivity contribution in [3.63, 3.8) is 0 Å². The molecule has 0 spiro atoms. The molecule has 0 radical (unpaired) electrons. The van der Waals surface area contributed by atoms with Crippen molar-refractivity contribution in [2.24, 2.45) is 0 Å². The maximum atomic E-state index is 12.8. The van der Waals surface area contributed by atoms with E-state index >= 15 is 0 Å². The Hall–Kier alpha value is -2.70. The fourth-order valence-electron chi connectivity index (χ4n) is 2.90. The van der Waals surface area contributed by atoms with Crippen LogP contribution >= 0.6 is 0 Å². The van der Waals surface area contributed by atoms with Gasteiger partial charge >= 0.3 is 0 Å². The molecule has 0 aliphatic carbocycles. The number of aryl methyl sites for hydroxylation is 1. The molecule has 136 valence electrons. The first-order valence-electron chi connectivity index (χ1n) is 8.27. The maximum Gasteiger partial charge on any atom is 0.244 e. The van der Waals surface area contributed by atoms with E-state index in [4.69, 9.17) is 5.26 Å². The summed E-state index contributed by atoms with van der Waals surface area (Å²) in [5.74, 6) is -0.0185. The quantitative estimate of drug-likeness (QED) is 0.767. The van der Waals surface area contributed by atoms with E-state index < -0.39 is 10.0 Å². The van der Waals surface area contributed by atoms with Gasteiger partial charge in [-0.1, -0.05) is 12.1 Å². The molecule has 26 heavy (non-hydrogen) atoms. The van der Waals surface area contributed by atoms with Gasteiger partial charge in [0.15, 0.2) is 0 Å². The van der Waals surface area contributed by atoms with Crippen LogP contribution in [0.3, 0.4) is 0 Å². The molecule has 1 saturated heterocycles. The number of rotatable bonds is 5. The van der Waals surface area contributed by atoms with Gasteiger partial charge in [0.2, 0.25) is 15.9 Å². The minimum atomic E-state index is -3.74. The molecule has 0 saturated carbocycles. The number of piperazine rings is 1. The topological polar surface area (TPSA) is 99.3 Å². The van der Waals surface area contributed by atoms with Crippen molar-refractivity contribution in [2.75, 3.05) is 26.2 Å². The summed E-state index contributed by atoms with van der Waals surface area (Å²) >= 11 is 0. The summed E-state index contributed by atoms with van der Waals surface area (Å²) in [5, 5.41) is 13.2. The number of hydrogen-bond acceptors (Lipinski definition) is 5. The van der Waals surface area contributed by atoms with Gasteiger partial charge in [-0.3, -0.25) is 9.48 Å². The number of amides is 1. The first-order valence-corrected chi connectivity index (χ1v) is 9.71. The van der Waals surface area contributed by atoms with E-state index in [9.17, 15) is 13.2 Å². The lowest BCUT2D eigenvalue weighted by molar-refractivity contribution is -0.132. The fraction of sp³-hybridized carbons (Fsp3) is 0.353. The highest BCUT2D eigenvalue weighted by Crippen LogP contribution is 2.21. The first-order chi connectivity index (χ1) is 12.5. The van der Waals surface area contributed by atoms with Gasteiger partial charge in [0.1, 0.15) is 6.07 Å². The van der Waals surface area contributed by atoms with Gasteiger partial charge in [-0.2, -0.15) is 14.7 Å². The van der Waals surface area contributed by atoms with Crippen LogP contribution < -0.4 is 0 Å². The highest BCUT2D eigenvalue weighted by molar-refractivity contribution is 7.89. The average Bonchev–Trinajstić information content (AvgIpc) is 3.19. The van der Waals surface area contributed by atoms with E-state index in [0.717, 1.165) is 0 Å². The molecule has 0 unspecified atom stereocenters. The Bertz CT molecular complexity index is 910. The van der Waals surface area contributed by atoms with E-state index in [1.165, 1.54) is 16.4 Å². The van der Waals surface area contributed by atoms with Crippen molar-refractivity contribution in [1.29, 1.82) is 5.26 Å². The van der Waals surface area contributed by atoms with E-state index in [-0.39, 0.29) is 29.5 Å². The van der Waals surface area contributed by atoms with Gasteiger partial charge in [-0.15, -0.1) is 0 Å². The van der Waals surface area contributed by atoms with Crippen molar-refractivity contribution < 1.29 is 13.2 Å². The van der Waals surface area contributed by atoms with Gasteiger partial charge in [0.25, 0.3) is 0 Å². The molecule has 1 aliphatic rings. The van der Waals surface area contributed by atoms with Crippen molar-refractivity contribution in [1.82, 2.24) is 19.0 Å². The van der Waals surface area contributed by atoms with Gasteiger partial charge in [-0.05, 0) is 18.2 Å². The molecule has 2 aromatic rings. The number of sulfonamides is 1. The third-order valence-corrected chi connectivity index (χ3v) is 6.29. The van der Waals surface area contributed by atoms with Crippen molar-refractivity contribution in [3.8, 4) is 6.07 Å². The normalized spacial score (nSPS) is 15.6. The Morgan fingerprint density at radius 1 is 1.15 bits per heavy atom. The molecule has 1 aromatic carbocycles. The average molecular weight is 373 g/mol. The number of nitrogens with zero attached hydrogens (tertiary/aromatic N) is 5. The largest absolute Gasteiger partial charge is 0.340 e. The van der Waals surface area contributed by atoms with Crippen LogP contribution in [0.25, 0.3) is 0 Å². The van der Waals surface area contributed by atoms with Crippen LogP contribution in [0.2, 0.25) is 0 Å². The summed E-state index contributed by atoms with van der Waals surface area (Å²) in [6.45, 7) is 1.61. The molecule has 0 atom stereocenters. The number of aromatic nitrogens is 2. The predicted octanol–water partition coefficient (Wildman–Crippen LogP) is 0.678. The zero-order valence-electron chi connectivity index (χ0n) is 14.2. The Labute approximate surface area is 152 Å². The van der Waals surface area contributed by atoms with Crippen LogP contribution in [0.5, 0.6) is 0 Å². The molecule has 8 nitrogen and oxygen atoms in total. The molecule has 0 bridgehead atoms. The Morgan fingerprint density at radius 3 is 2.54 bits per heavy atom. The molecule has 0 N–H and O–H groups in total. The van der Waals surface area contributed by atoms with Gasteiger partial charge in [-0.25, -0.2) is 8.42 Å². The summed E-state index contributed by atoms with van der Waals surface area (Å²) in [5.41, 5.74) is 0.130. The smallest absolute Gasteiger partial charge is 0.244 e. The highest BCUT2D eigenvalue weighted by Gasteiger charge is 2.31. The molecular weight excluding hydrogens is 354 g/mol. The zero-order chi connectivity index (χ0) is 18.6. The van der Waals surface area contributed by atoms with E-state index in [0.29, 0.717) is 26.1 Å². The lowest BCUT2D eigenvalue weighted by Crippen LogP contribution is -2.50. The van der Waals surface area contributed by atoms with Crippen LogP contribution in [0.1, 0.15) is 12.0 Å². The molecular formula is C17H19N5O3S. The Morgan fingerprint density at radius 2 is 1.88 bits per heavy atom. The van der Waals surface area contributed by atoms with Crippen LogP contribution in [-0.2, 0) is 21.4 Å². The van der Waals surface area contributed by atoms with E-state index in [1.54, 1.807) is 40.2 Å². The van der Waals surface area contributed by atoms with Crippen LogP contribution in [0.4, 0.5) is 0 Å². The zero-order valence-corrected chi connectivity index (χ0v) is 15.0. The van der Waals surface area contributed by atoms with Crippen LogP contribution in [0.15, 0.2) is 47.6 Å². The molecule has 3 rings (SSSR count). The van der Waals surface area contributed by atoms with Crippen molar-refractivity contribution in [3.05, 3.63) is 48.3 Å². The maximum absolute atomic E-state index is 12.8. The van der Waals surface area contributed by atoms with Gasteiger partial charge in [0.05, 0.1) is 10.5 Å². The number of carbonyl (C=O) groups excluding carboxylic acids is 1. The third-order valence-electron chi connectivity index (χ3n) is 4.33. The number of benzene rings is 1. The fourth-order valence-corrected chi connectivity index (χ4v) is 4.47. The molecule has 1 aliphatic heterocycles. The molecule has 2 heterocycles. The molecule has 1 amide bonds. The molecule has 9 heteroatoms. The SMILES string of the molecule is N#Cc1ccccc1S(=O)(=O)N1CCN(C(=O)CCn2cccn2)CC1. The first kappa shape index (κ1) is 18.1. The minimum absolute atomic E-state index is 0.0148. The lowest BCUT2D eigenvalue weighted by Gasteiger charge is -2.34. The standard InChI is InChI=1S/C17H19N5O3S/c18-14-15-4-1-2-5-16(15)26(24,25)22-12-10-20(11-13-22)17(23)6-9-21-8-3-7-19-21/h1-5,7-8H,6,9-13H2. The summed E-state index contributed by atoms with van der Waals surface area (Å²) in [6, 6.07) is 9.88. The Balaban J connectivity index is 1.61. The summed E-state index contributed by atoms with van der Waals surface area (Å²) in [6.07, 6.45) is 3.78. The second-order valence-electron chi connectivity index (χ2n) is 5.91. The third kappa shape index (κ3) is 3.76. The number of carbonyl (C=O) groups is 1. The van der Waals surface area contributed by atoms with Crippen molar-refractivity contribution >= 4 is 15.9 Å². The summed E-state index contributed by atoms with van der Waals surface area (Å²) < 4.78 is 28.6. The minimum Gasteiger partial charge on any atom is -0.340 e. The lowest BCUT2D eigenvalue weighted by atomic mass is 10.2. The molecule has 1 aromatic heterocycles. The van der Waals surface area contributed by atoms with Crippen LogP contribution in [0, 0.1) is 11.3 Å². The highest BCUT2D eigenvalue weighted by atomic mass is 32.2.